The Hall–Kier alpha value is -3.91. The molecule has 0 aliphatic carbocycles. The van der Waals surface area contributed by atoms with Gasteiger partial charge in [0.2, 0.25) is 6.79 Å². The lowest BCUT2D eigenvalue weighted by Gasteiger charge is -2.28. The number of aryl methyl sites for hydroxylation is 1. The maximum Gasteiger partial charge on any atom is 0.231 e. The second-order valence-electron chi connectivity index (χ2n) is 8.68. The Bertz CT molecular complexity index is 1440. The van der Waals surface area contributed by atoms with Crippen LogP contribution in [0, 0.1) is 19.7 Å². The fourth-order valence-corrected chi connectivity index (χ4v) is 5.43. The van der Waals surface area contributed by atoms with Crippen molar-refractivity contribution >= 4 is 23.0 Å². The van der Waals surface area contributed by atoms with Gasteiger partial charge in [-0.25, -0.2) is 4.39 Å². The minimum Gasteiger partial charge on any atom is -0.454 e. The Labute approximate surface area is 207 Å². The highest BCUT2D eigenvalue weighted by Gasteiger charge is 2.42. The highest BCUT2D eigenvalue weighted by atomic mass is 32.1. The van der Waals surface area contributed by atoms with Crippen molar-refractivity contribution in [2.75, 3.05) is 11.7 Å². The molecular weight excluding hydrogens is 463 g/mol. The van der Waals surface area contributed by atoms with Crippen molar-refractivity contribution in [3.63, 3.8) is 0 Å². The SMILES string of the molecule is Cc1cc([C@@H]2[C@H](c3ccccn3)NC(=S)N2c2ccc3c(c2)OCO3)c(C)n1-c1cccc(F)c1. The highest BCUT2D eigenvalue weighted by molar-refractivity contribution is 7.80. The van der Waals surface area contributed by atoms with Crippen molar-refractivity contribution in [1.29, 1.82) is 0 Å². The van der Waals surface area contributed by atoms with Crippen molar-refractivity contribution in [2.45, 2.75) is 25.9 Å². The van der Waals surface area contributed by atoms with E-state index in [0.717, 1.165) is 34.0 Å². The van der Waals surface area contributed by atoms with Crippen LogP contribution < -0.4 is 19.7 Å². The summed E-state index contributed by atoms with van der Waals surface area (Å²) in [5, 5.41) is 4.09. The quantitative estimate of drug-likeness (QED) is 0.383. The number of fused-ring (bicyclic) bond motifs is 1. The van der Waals surface area contributed by atoms with E-state index in [2.05, 4.69) is 32.8 Å². The Morgan fingerprint density at radius 1 is 0.971 bits per heavy atom. The zero-order valence-corrected chi connectivity index (χ0v) is 20.1. The van der Waals surface area contributed by atoms with Gasteiger partial charge in [0, 0.05) is 35.0 Å². The topological polar surface area (TPSA) is 51.6 Å². The zero-order valence-electron chi connectivity index (χ0n) is 19.2. The standard InChI is InChI=1S/C27H23FN4O2S/c1-16-12-21(17(2)31(16)19-7-5-6-18(28)13-19)26-25(22-8-3-4-11-29-22)30-27(35)32(26)20-9-10-23-24(14-20)34-15-33-23/h3-14,25-26H,15H2,1-2H3,(H,30,35)/t25-,26+/m0/s1. The van der Waals surface area contributed by atoms with Crippen molar-refractivity contribution in [1.82, 2.24) is 14.9 Å². The van der Waals surface area contributed by atoms with Crippen molar-refractivity contribution < 1.29 is 13.9 Å². The number of nitrogens with zero attached hydrogens (tertiary/aromatic N) is 3. The van der Waals surface area contributed by atoms with E-state index < -0.39 is 0 Å². The van der Waals surface area contributed by atoms with Gasteiger partial charge in [0.15, 0.2) is 16.6 Å². The molecule has 1 fully saturated rings. The van der Waals surface area contributed by atoms with Crippen molar-refractivity contribution in [2.24, 2.45) is 0 Å². The van der Waals surface area contributed by atoms with Gasteiger partial charge in [-0.15, -0.1) is 0 Å². The third-order valence-corrected chi connectivity index (χ3v) is 6.90. The van der Waals surface area contributed by atoms with Crippen molar-refractivity contribution in [3.8, 4) is 17.2 Å². The Kier molecular flexibility index (Phi) is 5.18. The molecule has 0 spiro atoms. The Balaban J connectivity index is 1.51. The third-order valence-electron chi connectivity index (χ3n) is 6.59. The second-order valence-corrected chi connectivity index (χ2v) is 9.06. The summed E-state index contributed by atoms with van der Waals surface area (Å²) in [7, 11) is 0. The highest BCUT2D eigenvalue weighted by Crippen LogP contribution is 2.46. The number of nitrogens with one attached hydrogen (secondary N) is 1. The molecule has 8 heteroatoms. The number of anilines is 1. The summed E-state index contributed by atoms with van der Waals surface area (Å²) in [5.74, 6) is 1.14. The first-order valence-electron chi connectivity index (χ1n) is 11.4. The van der Waals surface area contributed by atoms with Gasteiger partial charge >= 0.3 is 0 Å². The number of rotatable bonds is 4. The van der Waals surface area contributed by atoms with Gasteiger partial charge in [-0.2, -0.15) is 0 Å². The van der Waals surface area contributed by atoms with Crippen molar-refractivity contribution in [3.05, 3.63) is 101 Å². The molecule has 0 unspecified atom stereocenters. The maximum absolute atomic E-state index is 14.1. The molecule has 4 aromatic rings. The molecule has 6 rings (SSSR count). The first-order valence-corrected chi connectivity index (χ1v) is 11.8. The number of hydrogen-bond acceptors (Lipinski definition) is 4. The summed E-state index contributed by atoms with van der Waals surface area (Å²) < 4.78 is 27.3. The van der Waals surface area contributed by atoms with E-state index in [1.54, 1.807) is 18.3 Å². The van der Waals surface area contributed by atoms with E-state index >= 15 is 0 Å². The van der Waals surface area contributed by atoms with Crippen LogP contribution in [0.3, 0.4) is 0 Å². The number of pyridine rings is 1. The molecule has 4 heterocycles. The number of thiocarbonyl (C=S) groups is 1. The zero-order chi connectivity index (χ0) is 24.1. The van der Waals surface area contributed by atoms with E-state index in [-0.39, 0.29) is 24.7 Å². The largest absolute Gasteiger partial charge is 0.454 e. The van der Waals surface area contributed by atoms with Crippen LogP contribution >= 0.6 is 12.2 Å². The number of aromatic nitrogens is 2. The average Bonchev–Trinajstić information content (AvgIpc) is 3.54. The normalized spacial score (nSPS) is 18.7. The smallest absolute Gasteiger partial charge is 0.231 e. The monoisotopic (exact) mass is 486 g/mol. The predicted octanol–water partition coefficient (Wildman–Crippen LogP) is 5.53. The number of benzene rings is 2. The molecular formula is C27H23FN4O2S. The molecule has 6 nitrogen and oxygen atoms in total. The van der Waals surface area contributed by atoms with E-state index in [1.165, 1.54) is 6.07 Å². The van der Waals surface area contributed by atoms with Gasteiger partial charge in [-0.3, -0.25) is 4.98 Å². The molecule has 1 saturated heterocycles. The molecule has 2 aromatic carbocycles. The van der Waals surface area contributed by atoms with Crippen LogP contribution in [0.25, 0.3) is 5.69 Å². The summed E-state index contributed by atoms with van der Waals surface area (Å²) >= 11 is 5.86. The molecule has 0 amide bonds. The van der Waals surface area contributed by atoms with Gasteiger partial charge in [0.25, 0.3) is 0 Å². The summed E-state index contributed by atoms with van der Waals surface area (Å²) in [6, 6.07) is 20.1. The summed E-state index contributed by atoms with van der Waals surface area (Å²) in [6.45, 7) is 4.29. The molecule has 35 heavy (non-hydrogen) atoms. The van der Waals surface area contributed by atoms with Crippen LogP contribution in [0.15, 0.2) is 72.9 Å². The lowest BCUT2D eigenvalue weighted by molar-refractivity contribution is 0.174. The van der Waals surface area contributed by atoms with E-state index in [4.69, 9.17) is 21.7 Å². The van der Waals surface area contributed by atoms with E-state index in [1.807, 2.05) is 49.4 Å². The predicted molar refractivity (Wildman–Crippen MR) is 136 cm³/mol. The van der Waals surface area contributed by atoms with Gasteiger partial charge in [0.05, 0.1) is 17.8 Å². The maximum atomic E-state index is 14.1. The Morgan fingerprint density at radius 2 is 1.83 bits per heavy atom. The molecule has 0 radical (unpaired) electrons. The molecule has 1 N–H and O–H groups in total. The summed E-state index contributed by atoms with van der Waals surface area (Å²) in [6.07, 6.45) is 1.79. The minimum absolute atomic E-state index is 0.185. The van der Waals surface area contributed by atoms with Crippen LogP contribution in [-0.2, 0) is 0 Å². The molecule has 176 valence electrons. The third kappa shape index (κ3) is 3.61. The van der Waals surface area contributed by atoms with Gasteiger partial charge in [-0.05, 0) is 80.2 Å². The Morgan fingerprint density at radius 3 is 2.63 bits per heavy atom. The van der Waals surface area contributed by atoms with E-state index in [9.17, 15) is 4.39 Å². The molecule has 0 bridgehead atoms. The summed E-state index contributed by atoms with van der Waals surface area (Å²) in [4.78, 5) is 6.74. The molecule has 2 aliphatic rings. The molecule has 2 aliphatic heterocycles. The number of ether oxygens (including phenoxy) is 2. The first-order chi connectivity index (χ1) is 17.0. The van der Waals surface area contributed by atoms with Crippen LogP contribution in [0.1, 0.15) is 34.7 Å². The van der Waals surface area contributed by atoms with E-state index in [0.29, 0.717) is 16.6 Å². The van der Waals surface area contributed by atoms with Crippen LogP contribution in [0.4, 0.5) is 10.1 Å². The van der Waals surface area contributed by atoms with Gasteiger partial charge in [0.1, 0.15) is 5.82 Å². The lowest BCUT2D eigenvalue weighted by atomic mass is 9.96. The fraction of sp³-hybridized carbons (Fsp3) is 0.185. The molecule has 2 atom stereocenters. The average molecular weight is 487 g/mol. The number of hydrogen-bond donors (Lipinski definition) is 1. The lowest BCUT2D eigenvalue weighted by Crippen LogP contribution is -2.29. The second kappa shape index (κ2) is 8.39. The molecule has 0 saturated carbocycles. The van der Waals surface area contributed by atoms with Gasteiger partial charge in [-0.1, -0.05) is 12.1 Å². The fourth-order valence-electron chi connectivity index (χ4n) is 5.08. The van der Waals surface area contributed by atoms with Gasteiger partial charge < -0.3 is 24.3 Å². The molecule has 2 aromatic heterocycles. The first kappa shape index (κ1) is 21.6. The van der Waals surface area contributed by atoms with Crippen LogP contribution in [0.5, 0.6) is 11.5 Å². The van der Waals surface area contributed by atoms with Crippen LogP contribution in [-0.4, -0.2) is 21.5 Å². The van der Waals surface area contributed by atoms with Crippen LogP contribution in [0.2, 0.25) is 0 Å². The number of halogens is 1. The summed E-state index contributed by atoms with van der Waals surface area (Å²) in [5.41, 5.74) is 5.66. The minimum atomic E-state index is -0.270.